The van der Waals surface area contributed by atoms with Crippen molar-refractivity contribution in [3.8, 4) is 0 Å². The van der Waals surface area contributed by atoms with Crippen molar-refractivity contribution in [1.29, 1.82) is 0 Å². The maximum atomic E-state index is 14.1. The number of ether oxygens (including phenoxy) is 1. The lowest BCUT2D eigenvalue weighted by atomic mass is 9.62. The second kappa shape index (κ2) is 8.89. The van der Waals surface area contributed by atoms with E-state index in [1.165, 1.54) is 0 Å². The third-order valence-corrected chi connectivity index (χ3v) is 8.53. The molecule has 0 radical (unpaired) electrons. The van der Waals surface area contributed by atoms with Crippen LogP contribution in [-0.2, 0) is 19.1 Å². The maximum absolute atomic E-state index is 14.1. The summed E-state index contributed by atoms with van der Waals surface area (Å²) in [7, 11) is 1.56. The molecule has 3 heterocycles. The largest absolute Gasteiger partial charge is 0.394 e. The quantitative estimate of drug-likeness (QED) is 0.550. The van der Waals surface area contributed by atoms with Crippen LogP contribution < -0.4 is 10.6 Å². The normalized spacial score (nSPS) is 34.3. The smallest absolute Gasteiger partial charge is 0.250 e. The van der Waals surface area contributed by atoms with Crippen LogP contribution in [0.3, 0.4) is 0 Å². The molecule has 1 aromatic rings. The van der Waals surface area contributed by atoms with Crippen LogP contribution in [-0.4, -0.2) is 64.7 Å². The standard InChI is InChI=1S/C27H39N3O5/c1-14(2)10-18(13-31)30-22(24(33)29-19-11-15(3)8-9-16(19)4)27-12-17(5)26(6,35-27)20(23(32)28-7)21(27)25(30)34/h8-9,11,14,17-18,20-22,31H,10,12-13H2,1-7H3,(H,28,32)(H,29,33)/t17?,18-,20+,21+,22?,26-,27?/m1/s1. The van der Waals surface area contributed by atoms with Crippen LogP contribution in [0.1, 0.15) is 51.7 Å². The number of aryl methyl sites for hydroxylation is 2. The lowest BCUT2D eigenvalue weighted by Crippen LogP contribution is -2.56. The predicted molar refractivity (Wildman–Crippen MR) is 133 cm³/mol. The first-order valence-electron chi connectivity index (χ1n) is 12.6. The summed E-state index contributed by atoms with van der Waals surface area (Å²) in [5.74, 6) is -2.19. The first-order valence-corrected chi connectivity index (χ1v) is 12.6. The molecule has 3 amide bonds. The minimum absolute atomic E-state index is 0.0255. The minimum atomic E-state index is -1.13. The molecule has 3 aliphatic heterocycles. The first-order chi connectivity index (χ1) is 16.4. The van der Waals surface area contributed by atoms with Gasteiger partial charge in [-0.15, -0.1) is 0 Å². The number of rotatable bonds is 7. The fourth-order valence-electron chi connectivity index (χ4n) is 6.82. The summed E-state index contributed by atoms with van der Waals surface area (Å²) in [6.07, 6.45) is 1.03. The number of hydrogen-bond donors (Lipinski definition) is 3. The van der Waals surface area contributed by atoms with Gasteiger partial charge in [-0.2, -0.15) is 0 Å². The number of benzene rings is 1. The molecule has 192 valence electrons. The molecule has 3 N–H and O–H groups in total. The van der Waals surface area contributed by atoms with Crippen molar-refractivity contribution >= 4 is 23.4 Å². The molecule has 1 spiro atoms. The number of carbonyl (C=O) groups excluding carboxylic acids is 3. The second-order valence-corrected chi connectivity index (χ2v) is 11.3. The highest BCUT2D eigenvalue weighted by atomic mass is 16.5. The van der Waals surface area contributed by atoms with Gasteiger partial charge in [0.25, 0.3) is 0 Å². The molecular weight excluding hydrogens is 446 g/mol. The Balaban J connectivity index is 1.83. The van der Waals surface area contributed by atoms with Crippen LogP contribution >= 0.6 is 0 Å². The number of hydrogen-bond acceptors (Lipinski definition) is 5. The van der Waals surface area contributed by atoms with E-state index in [1.807, 2.05) is 59.7 Å². The Kier molecular flexibility index (Phi) is 6.51. The van der Waals surface area contributed by atoms with E-state index in [0.29, 0.717) is 18.5 Å². The van der Waals surface area contributed by atoms with Gasteiger partial charge in [-0.3, -0.25) is 14.4 Å². The average Bonchev–Trinajstić information content (AvgIpc) is 3.30. The first kappa shape index (κ1) is 25.6. The molecule has 3 saturated heterocycles. The lowest BCUT2D eigenvalue weighted by molar-refractivity contribution is -0.149. The van der Waals surface area contributed by atoms with Crippen LogP contribution in [0.4, 0.5) is 5.69 Å². The van der Waals surface area contributed by atoms with Crippen molar-refractivity contribution in [3.05, 3.63) is 29.3 Å². The Morgan fingerprint density at radius 3 is 2.54 bits per heavy atom. The summed E-state index contributed by atoms with van der Waals surface area (Å²) in [6, 6.07) is 4.34. The zero-order chi connectivity index (χ0) is 25.9. The van der Waals surface area contributed by atoms with Crippen molar-refractivity contribution in [2.24, 2.45) is 23.7 Å². The van der Waals surface area contributed by atoms with Gasteiger partial charge in [-0.25, -0.2) is 0 Å². The van der Waals surface area contributed by atoms with Crippen molar-refractivity contribution in [3.63, 3.8) is 0 Å². The molecule has 2 bridgehead atoms. The molecule has 0 saturated carbocycles. The summed E-state index contributed by atoms with van der Waals surface area (Å²) >= 11 is 0. The highest BCUT2D eigenvalue weighted by Crippen LogP contribution is 2.65. The molecule has 35 heavy (non-hydrogen) atoms. The number of carbonyl (C=O) groups is 3. The zero-order valence-electron chi connectivity index (χ0n) is 21.8. The Labute approximate surface area is 207 Å². The highest BCUT2D eigenvalue weighted by Gasteiger charge is 2.80. The van der Waals surface area contributed by atoms with E-state index in [2.05, 4.69) is 10.6 Å². The van der Waals surface area contributed by atoms with Crippen LogP contribution in [0.5, 0.6) is 0 Å². The molecule has 3 fully saturated rings. The summed E-state index contributed by atoms with van der Waals surface area (Å²) in [5, 5.41) is 16.1. The molecule has 8 heteroatoms. The summed E-state index contributed by atoms with van der Waals surface area (Å²) in [6.45, 7) is 11.6. The summed E-state index contributed by atoms with van der Waals surface area (Å²) < 4.78 is 6.68. The number of likely N-dealkylation sites (tertiary alicyclic amines) is 1. The highest BCUT2D eigenvalue weighted by molar-refractivity contribution is 6.04. The summed E-state index contributed by atoms with van der Waals surface area (Å²) in [5.41, 5.74) is 0.621. The SMILES string of the molecule is CNC(=O)[C@@H]1[C@H]2C(=O)N([C@@H](CO)CC(C)C)C(C(=O)Nc3cc(C)ccc3C)C23CC(C)[C@@]1(C)O3. The van der Waals surface area contributed by atoms with Crippen LogP contribution in [0.15, 0.2) is 18.2 Å². The number of fused-ring (bicyclic) bond motifs is 1. The molecule has 1 aromatic carbocycles. The van der Waals surface area contributed by atoms with Crippen LogP contribution in [0, 0.1) is 37.5 Å². The van der Waals surface area contributed by atoms with Crippen molar-refractivity contribution in [2.75, 3.05) is 19.0 Å². The second-order valence-electron chi connectivity index (χ2n) is 11.3. The van der Waals surface area contributed by atoms with Crippen molar-refractivity contribution in [1.82, 2.24) is 10.2 Å². The summed E-state index contributed by atoms with van der Waals surface area (Å²) in [4.78, 5) is 42.8. The monoisotopic (exact) mass is 485 g/mol. The Hall–Kier alpha value is -2.45. The van der Waals surface area contributed by atoms with Gasteiger partial charge in [-0.1, -0.05) is 32.9 Å². The van der Waals surface area contributed by atoms with Gasteiger partial charge in [0.05, 0.1) is 30.1 Å². The van der Waals surface area contributed by atoms with Crippen molar-refractivity contribution in [2.45, 2.75) is 77.7 Å². The topological polar surface area (TPSA) is 108 Å². The fourth-order valence-corrected chi connectivity index (χ4v) is 6.82. The molecule has 8 nitrogen and oxygen atoms in total. The van der Waals surface area contributed by atoms with E-state index in [1.54, 1.807) is 11.9 Å². The van der Waals surface area contributed by atoms with Gasteiger partial charge >= 0.3 is 0 Å². The molecule has 0 aromatic heterocycles. The van der Waals surface area contributed by atoms with Crippen LogP contribution in [0.2, 0.25) is 0 Å². The molecule has 3 aliphatic rings. The molecule has 7 atom stereocenters. The Morgan fingerprint density at radius 1 is 1.26 bits per heavy atom. The van der Waals surface area contributed by atoms with E-state index < -0.39 is 35.1 Å². The number of amides is 3. The number of nitrogens with zero attached hydrogens (tertiary/aromatic N) is 1. The van der Waals surface area contributed by atoms with Gasteiger partial charge in [0.1, 0.15) is 11.6 Å². The van der Waals surface area contributed by atoms with E-state index >= 15 is 0 Å². The number of aliphatic hydroxyl groups is 1. The van der Waals surface area contributed by atoms with E-state index in [-0.39, 0.29) is 36.2 Å². The molecular formula is C27H39N3O5. The van der Waals surface area contributed by atoms with Gasteiger partial charge in [0.15, 0.2) is 0 Å². The van der Waals surface area contributed by atoms with E-state index in [4.69, 9.17) is 4.74 Å². The van der Waals surface area contributed by atoms with E-state index in [0.717, 1.165) is 11.1 Å². The Bertz CT molecular complexity index is 1040. The van der Waals surface area contributed by atoms with E-state index in [9.17, 15) is 19.5 Å². The number of aliphatic hydroxyl groups excluding tert-OH is 1. The maximum Gasteiger partial charge on any atom is 0.250 e. The predicted octanol–water partition coefficient (Wildman–Crippen LogP) is 2.41. The van der Waals surface area contributed by atoms with Crippen molar-refractivity contribution < 1.29 is 24.2 Å². The third-order valence-electron chi connectivity index (χ3n) is 8.53. The fraction of sp³-hybridized carbons (Fsp3) is 0.667. The lowest BCUT2D eigenvalue weighted by Gasteiger charge is -2.37. The van der Waals surface area contributed by atoms with Gasteiger partial charge in [0, 0.05) is 12.7 Å². The van der Waals surface area contributed by atoms with Gasteiger partial charge < -0.3 is 25.4 Å². The zero-order valence-corrected chi connectivity index (χ0v) is 21.8. The molecule has 3 unspecified atom stereocenters. The Morgan fingerprint density at radius 2 is 1.94 bits per heavy atom. The van der Waals surface area contributed by atoms with Gasteiger partial charge in [0.2, 0.25) is 17.7 Å². The average molecular weight is 486 g/mol. The van der Waals surface area contributed by atoms with Crippen LogP contribution in [0.25, 0.3) is 0 Å². The number of anilines is 1. The third kappa shape index (κ3) is 3.76. The minimum Gasteiger partial charge on any atom is -0.394 e. The molecule has 0 aliphatic carbocycles. The number of nitrogens with one attached hydrogen (secondary N) is 2. The van der Waals surface area contributed by atoms with Gasteiger partial charge in [-0.05, 0) is 62.6 Å². The molecule has 4 rings (SSSR count).